The Labute approximate surface area is 266 Å². The zero-order chi connectivity index (χ0) is 28.3. The van der Waals surface area contributed by atoms with Crippen LogP contribution in [-0.2, 0) is 43.4 Å². The van der Waals surface area contributed by atoms with E-state index >= 15 is 0 Å². The summed E-state index contributed by atoms with van der Waals surface area (Å²) in [5.74, 6) is 0. The van der Waals surface area contributed by atoms with Crippen molar-refractivity contribution in [3.8, 4) is 0 Å². The molecule has 0 aromatic heterocycles. The van der Waals surface area contributed by atoms with Gasteiger partial charge in [-0.2, -0.15) is 0 Å². The minimum Gasteiger partial charge on any atom is -1.00 e. The van der Waals surface area contributed by atoms with Crippen LogP contribution in [0.1, 0.15) is 120 Å². The van der Waals surface area contributed by atoms with Crippen molar-refractivity contribution in [2.24, 2.45) is 0 Å². The summed E-state index contributed by atoms with van der Waals surface area (Å²) in [6.45, 7) is 28.4. The van der Waals surface area contributed by atoms with Gasteiger partial charge in [-0.25, -0.2) is 0 Å². The predicted octanol–water partition coefficient (Wildman–Crippen LogP) is 3.22. The minimum absolute atomic E-state index is 0. The first kappa shape index (κ1) is 35.1. The van der Waals surface area contributed by atoms with Crippen LogP contribution in [0.25, 0.3) is 6.08 Å². The molecule has 3 heteroatoms. The van der Waals surface area contributed by atoms with E-state index in [-0.39, 0.29) is 46.5 Å². The summed E-state index contributed by atoms with van der Waals surface area (Å²) < 4.78 is 3.75. The fourth-order valence-corrected chi connectivity index (χ4v) is 13.1. The van der Waals surface area contributed by atoms with E-state index in [2.05, 4.69) is 156 Å². The molecule has 4 rings (SSSR count). The van der Waals surface area contributed by atoms with Crippen LogP contribution in [0.15, 0.2) is 66.7 Å². The normalized spacial score (nSPS) is 15.2. The zero-order valence-corrected chi connectivity index (χ0v) is 30.7. The molecule has 0 saturated carbocycles. The molecule has 1 unspecified atom stereocenters. The molecular weight excluding hydrogens is 607 g/mol. The number of allylic oxidation sites excluding steroid dienone is 1. The van der Waals surface area contributed by atoms with Crippen molar-refractivity contribution in [2.75, 3.05) is 0 Å². The molecular formula is C37H49Cl2Zr. The van der Waals surface area contributed by atoms with Gasteiger partial charge in [0.25, 0.3) is 0 Å². The summed E-state index contributed by atoms with van der Waals surface area (Å²) in [7, 11) is 0. The van der Waals surface area contributed by atoms with Gasteiger partial charge in [0.05, 0.1) is 0 Å². The first-order chi connectivity index (χ1) is 17.4. The van der Waals surface area contributed by atoms with Crippen LogP contribution in [0.3, 0.4) is 0 Å². The van der Waals surface area contributed by atoms with E-state index in [9.17, 15) is 0 Å². The number of hydrogen-bond donors (Lipinski definition) is 0. The molecule has 1 aliphatic rings. The Hall–Kier alpha value is -1.14. The van der Waals surface area contributed by atoms with E-state index in [1.165, 1.54) is 33.4 Å². The summed E-state index contributed by atoms with van der Waals surface area (Å²) in [6, 6.07) is 24.4. The molecule has 0 saturated heterocycles. The van der Waals surface area contributed by atoms with Gasteiger partial charge in [-0.15, -0.1) is 0 Å². The van der Waals surface area contributed by atoms with Gasteiger partial charge in [0.15, 0.2) is 0 Å². The van der Waals surface area contributed by atoms with E-state index in [0.717, 1.165) is 0 Å². The Morgan fingerprint density at radius 1 is 0.500 bits per heavy atom. The van der Waals surface area contributed by atoms with Crippen LogP contribution >= 0.6 is 0 Å². The maximum Gasteiger partial charge on any atom is -1.00 e. The maximum absolute atomic E-state index is 2.60. The molecule has 0 radical (unpaired) electrons. The second-order valence-corrected chi connectivity index (χ2v) is 21.9. The number of benzene rings is 3. The molecule has 1 atom stereocenters. The van der Waals surface area contributed by atoms with E-state index in [1.54, 1.807) is 6.54 Å². The van der Waals surface area contributed by atoms with Gasteiger partial charge < -0.3 is 24.8 Å². The van der Waals surface area contributed by atoms with E-state index < -0.39 is 21.8 Å². The van der Waals surface area contributed by atoms with Crippen molar-refractivity contribution in [1.82, 2.24) is 0 Å². The topological polar surface area (TPSA) is 0 Å². The largest absolute Gasteiger partial charge is 1.00 e. The van der Waals surface area contributed by atoms with Crippen molar-refractivity contribution in [2.45, 2.75) is 108 Å². The van der Waals surface area contributed by atoms with E-state index in [1.807, 2.05) is 0 Å². The standard InChI is InChI=1S/2C14H21.C9H7.2ClH.Zr/c2*1-13(2,3)11-8-7-9-12(10-11)14(4,5)6;1-2-5-9-7-3-6-8(9)4-1;;;/h2*8-10H,1-6H3;1-7H;2*1H;/q;;;;;+2/p-2. The van der Waals surface area contributed by atoms with Gasteiger partial charge in [0.2, 0.25) is 0 Å². The molecule has 3 aromatic rings. The average molecular weight is 656 g/mol. The van der Waals surface area contributed by atoms with E-state index in [4.69, 9.17) is 0 Å². The molecule has 3 aromatic carbocycles. The SMILES string of the molecule is CC(C)(C)c1c[c]([Zr+2]([c]2cc(C(C)(C)C)cc(C(C)(C)C)c2)[CH]2C=Cc3ccccc32)cc(C(C)(C)C)c1.[Cl-].[Cl-]. The van der Waals surface area contributed by atoms with Gasteiger partial charge in [-0.1, -0.05) is 0 Å². The molecule has 40 heavy (non-hydrogen) atoms. The van der Waals surface area contributed by atoms with Crippen molar-refractivity contribution in [1.29, 1.82) is 0 Å². The molecule has 0 N–H and O–H groups in total. The predicted molar refractivity (Wildman–Crippen MR) is 165 cm³/mol. The number of halogens is 2. The summed E-state index contributed by atoms with van der Waals surface area (Å²) >= 11 is -2.54. The molecule has 0 aliphatic heterocycles. The second kappa shape index (κ2) is 12.2. The number of fused-ring (bicyclic) bond motifs is 1. The smallest absolute Gasteiger partial charge is 1.00 e. The molecule has 215 valence electrons. The molecule has 0 amide bonds. The summed E-state index contributed by atoms with van der Waals surface area (Å²) in [5.41, 5.74) is 9.24. The van der Waals surface area contributed by atoms with Crippen LogP contribution in [0.2, 0.25) is 0 Å². The Morgan fingerprint density at radius 2 is 0.850 bits per heavy atom. The quantitative estimate of drug-likeness (QED) is 0.407. The van der Waals surface area contributed by atoms with Gasteiger partial charge in [-0.05, 0) is 0 Å². The fraction of sp³-hybridized carbons (Fsp3) is 0.459. The monoisotopic (exact) mass is 653 g/mol. The summed E-state index contributed by atoms with van der Waals surface area (Å²) in [4.78, 5) is 0. The maximum atomic E-state index is 2.60. The van der Waals surface area contributed by atoms with E-state index in [0.29, 0.717) is 3.63 Å². The van der Waals surface area contributed by atoms with Gasteiger partial charge in [0.1, 0.15) is 0 Å². The molecule has 0 heterocycles. The molecule has 1 aliphatic carbocycles. The zero-order valence-electron chi connectivity index (χ0n) is 26.8. The average Bonchev–Trinajstić information content (AvgIpc) is 3.20. The van der Waals surface area contributed by atoms with Crippen LogP contribution in [0.4, 0.5) is 0 Å². The first-order valence-electron chi connectivity index (χ1n) is 14.3. The molecule has 0 spiro atoms. The first-order valence-corrected chi connectivity index (χ1v) is 18.2. The number of rotatable bonds is 3. The Morgan fingerprint density at radius 3 is 1.20 bits per heavy atom. The van der Waals surface area contributed by atoms with Crippen molar-refractivity contribution in [3.05, 3.63) is 100 Å². The van der Waals surface area contributed by atoms with Crippen LogP contribution in [-0.4, -0.2) is 0 Å². The summed E-state index contributed by atoms with van der Waals surface area (Å²) in [5, 5.41) is 0. The Kier molecular flexibility index (Phi) is 10.7. The third-order valence-electron chi connectivity index (χ3n) is 8.06. The van der Waals surface area contributed by atoms with Crippen molar-refractivity contribution < 1.29 is 46.6 Å². The van der Waals surface area contributed by atoms with Gasteiger partial charge in [0, 0.05) is 0 Å². The Balaban J connectivity index is 0.00000280. The van der Waals surface area contributed by atoms with Crippen LogP contribution in [0.5, 0.6) is 0 Å². The van der Waals surface area contributed by atoms with Gasteiger partial charge in [-0.3, -0.25) is 0 Å². The van der Waals surface area contributed by atoms with Crippen molar-refractivity contribution in [3.63, 3.8) is 0 Å². The second-order valence-electron chi connectivity index (χ2n) is 15.5. The molecule has 0 nitrogen and oxygen atoms in total. The van der Waals surface area contributed by atoms with Gasteiger partial charge >= 0.3 is 243 Å². The molecule has 0 bridgehead atoms. The molecule has 0 fully saturated rings. The third kappa shape index (κ3) is 7.62. The number of hydrogen-bond acceptors (Lipinski definition) is 0. The van der Waals surface area contributed by atoms with Crippen LogP contribution in [0, 0.1) is 0 Å². The fourth-order valence-electron chi connectivity index (χ4n) is 5.33. The van der Waals surface area contributed by atoms with Crippen molar-refractivity contribution >= 4 is 12.6 Å². The Bertz CT molecular complexity index is 1210. The summed E-state index contributed by atoms with van der Waals surface area (Å²) in [6.07, 6.45) is 4.93. The van der Waals surface area contributed by atoms with Crippen LogP contribution < -0.4 is 31.4 Å². The third-order valence-corrected chi connectivity index (χ3v) is 15.3. The minimum atomic E-state index is -2.54.